The molecule has 102 valence electrons. The molecule has 0 atom stereocenters. The summed E-state index contributed by atoms with van der Waals surface area (Å²) in [7, 11) is -3.79. The molecule has 0 fully saturated rings. The summed E-state index contributed by atoms with van der Waals surface area (Å²) in [5.41, 5.74) is 6.00. The summed E-state index contributed by atoms with van der Waals surface area (Å²) in [4.78, 5) is -0.338. The zero-order valence-electron chi connectivity index (χ0n) is 10.1. The fourth-order valence-corrected chi connectivity index (χ4v) is 3.01. The minimum absolute atomic E-state index is 0.176. The van der Waals surface area contributed by atoms with Crippen molar-refractivity contribution in [3.05, 3.63) is 29.6 Å². The van der Waals surface area contributed by atoms with Crippen molar-refractivity contribution < 1.29 is 12.8 Å². The lowest BCUT2D eigenvalue weighted by Crippen LogP contribution is -2.26. The van der Waals surface area contributed by atoms with Crippen LogP contribution >= 0.6 is 11.8 Å². The van der Waals surface area contributed by atoms with Crippen LogP contribution in [-0.2, 0) is 16.6 Å². The monoisotopic (exact) mass is 292 g/mol. The molecule has 0 heterocycles. The van der Waals surface area contributed by atoms with E-state index in [-0.39, 0.29) is 11.4 Å². The van der Waals surface area contributed by atoms with E-state index < -0.39 is 15.8 Å². The van der Waals surface area contributed by atoms with Crippen LogP contribution in [0.4, 0.5) is 4.39 Å². The van der Waals surface area contributed by atoms with E-state index in [1.807, 2.05) is 6.26 Å². The number of rotatable bonds is 7. The van der Waals surface area contributed by atoms with Gasteiger partial charge in [-0.25, -0.2) is 17.5 Å². The van der Waals surface area contributed by atoms with Gasteiger partial charge in [0.1, 0.15) is 10.7 Å². The van der Waals surface area contributed by atoms with E-state index >= 15 is 0 Å². The average molecular weight is 292 g/mol. The highest BCUT2D eigenvalue weighted by Gasteiger charge is 2.18. The molecule has 0 radical (unpaired) electrons. The van der Waals surface area contributed by atoms with Gasteiger partial charge in [-0.15, -0.1) is 0 Å². The van der Waals surface area contributed by atoms with Crippen LogP contribution in [0.25, 0.3) is 0 Å². The quantitative estimate of drug-likeness (QED) is 0.743. The molecule has 0 aliphatic carbocycles. The van der Waals surface area contributed by atoms with Gasteiger partial charge in [-0.2, -0.15) is 11.8 Å². The van der Waals surface area contributed by atoms with Crippen molar-refractivity contribution in [2.45, 2.75) is 17.9 Å². The molecular formula is C11H17FN2O2S2. The predicted octanol–water partition coefficient (Wildman–Crippen LogP) is 1.32. The Hall–Kier alpha value is -0.630. The van der Waals surface area contributed by atoms with E-state index in [9.17, 15) is 12.8 Å². The van der Waals surface area contributed by atoms with Gasteiger partial charge in [0.15, 0.2) is 0 Å². The van der Waals surface area contributed by atoms with Gasteiger partial charge in [-0.05, 0) is 36.1 Å². The van der Waals surface area contributed by atoms with Gasteiger partial charge in [0.2, 0.25) is 10.0 Å². The first kappa shape index (κ1) is 15.4. The molecule has 1 aromatic rings. The van der Waals surface area contributed by atoms with Gasteiger partial charge in [0.25, 0.3) is 0 Å². The number of nitrogens with two attached hydrogens (primary N) is 1. The highest BCUT2D eigenvalue weighted by molar-refractivity contribution is 7.98. The van der Waals surface area contributed by atoms with Gasteiger partial charge in [-0.1, -0.05) is 6.07 Å². The van der Waals surface area contributed by atoms with Crippen LogP contribution in [0.15, 0.2) is 23.1 Å². The second kappa shape index (κ2) is 7.08. The molecule has 0 aliphatic heterocycles. The second-order valence-corrected chi connectivity index (χ2v) is 6.43. The highest BCUT2D eigenvalue weighted by Crippen LogP contribution is 2.16. The van der Waals surface area contributed by atoms with Crippen molar-refractivity contribution in [1.29, 1.82) is 0 Å². The number of nitrogens with one attached hydrogen (secondary N) is 1. The maximum absolute atomic E-state index is 13.5. The van der Waals surface area contributed by atoms with E-state index in [2.05, 4.69) is 4.72 Å². The fraction of sp³-hybridized carbons (Fsp3) is 0.455. The molecule has 0 aliphatic rings. The largest absolute Gasteiger partial charge is 0.326 e. The summed E-state index contributed by atoms with van der Waals surface area (Å²) >= 11 is 1.63. The maximum Gasteiger partial charge on any atom is 0.243 e. The normalized spacial score (nSPS) is 11.7. The third-order valence-electron chi connectivity index (χ3n) is 2.34. The number of hydrogen-bond acceptors (Lipinski definition) is 4. The van der Waals surface area contributed by atoms with Crippen molar-refractivity contribution in [2.24, 2.45) is 5.73 Å². The molecule has 0 aromatic heterocycles. The Morgan fingerprint density at radius 1 is 1.44 bits per heavy atom. The molecule has 0 saturated carbocycles. The molecule has 1 rings (SSSR count). The van der Waals surface area contributed by atoms with Gasteiger partial charge < -0.3 is 5.73 Å². The minimum Gasteiger partial charge on any atom is -0.326 e. The molecule has 4 nitrogen and oxygen atoms in total. The Labute approximate surface area is 111 Å². The molecule has 0 spiro atoms. The van der Waals surface area contributed by atoms with Gasteiger partial charge >= 0.3 is 0 Å². The van der Waals surface area contributed by atoms with Crippen molar-refractivity contribution in [3.8, 4) is 0 Å². The number of hydrogen-bond donors (Lipinski definition) is 2. The zero-order valence-corrected chi connectivity index (χ0v) is 11.8. The molecular weight excluding hydrogens is 275 g/mol. The Morgan fingerprint density at radius 3 is 2.78 bits per heavy atom. The lowest BCUT2D eigenvalue weighted by atomic mass is 10.2. The maximum atomic E-state index is 13.5. The Morgan fingerprint density at radius 2 is 2.17 bits per heavy atom. The van der Waals surface area contributed by atoms with Gasteiger partial charge in [0.05, 0.1) is 0 Å². The summed E-state index contributed by atoms with van der Waals surface area (Å²) < 4.78 is 39.7. The lowest BCUT2D eigenvalue weighted by molar-refractivity contribution is 0.556. The molecule has 0 amide bonds. The molecule has 1 aromatic carbocycles. The fourth-order valence-electron chi connectivity index (χ4n) is 1.38. The van der Waals surface area contributed by atoms with Gasteiger partial charge in [0, 0.05) is 13.1 Å². The standard InChI is InChI=1S/C11H17FN2O2S2/c1-17-6-2-5-14-18(15,16)11-7-9(8-13)3-4-10(11)12/h3-4,7,14H,2,5-6,8,13H2,1H3. The number of benzene rings is 1. The first-order chi connectivity index (χ1) is 8.51. The second-order valence-electron chi connectivity index (χ2n) is 3.71. The van der Waals surface area contributed by atoms with E-state index in [4.69, 9.17) is 5.73 Å². The van der Waals surface area contributed by atoms with E-state index in [1.165, 1.54) is 12.1 Å². The topological polar surface area (TPSA) is 72.2 Å². The van der Waals surface area contributed by atoms with Crippen LogP contribution in [0.1, 0.15) is 12.0 Å². The summed E-state index contributed by atoms with van der Waals surface area (Å²) in [6.45, 7) is 0.477. The molecule has 7 heteroatoms. The van der Waals surface area contributed by atoms with E-state index in [0.717, 1.165) is 11.8 Å². The molecule has 0 bridgehead atoms. The first-order valence-corrected chi connectivity index (χ1v) is 8.36. The molecule has 3 N–H and O–H groups in total. The Balaban J connectivity index is 2.83. The van der Waals surface area contributed by atoms with Crippen LogP contribution in [0.5, 0.6) is 0 Å². The number of halogens is 1. The summed E-state index contributed by atoms with van der Waals surface area (Å²) in [6, 6.07) is 3.87. The SMILES string of the molecule is CSCCCNS(=O)(=O)c1cc(CN)ccc1F. The van der Waals surface area contributed by atoms with E-state index in [0.29, 0.717) is 18.5 Å². The van der Waals surface area contributed by atoms with Crippen LogP contribution in [0.3, 0.4) is 0 Å². The average Bonchev–Trinajstić information content (AvgIpc) is 2.35. The van der Waals surface area contributed by atoms with Crippen LogP contribution in [0, 0.1) is 5.82 Å². The number of thioether (sulfide) groups is 1. The molecule has 0 saturated heterocycles. The highest BCUT2D eigenvalue weighted by atomic mass is 32.2. The van der Waals surface area contributed by atoms with Gasteiger partial charge in [-0.3, -0.25) is 0 Å². The summed E-state index contributed by atoms with van der Waals surface area (Å²) in [5, 5.41) is 0. The van der Waals surface area contributed by atoms with Crippen LogP contribution < -0.4 is 10.5 Å². The predicted molar refractivity (Wildman–Crippen MR) is 72.5 cm³/mol. The summed E-state index contributed by atoms with van der Waals surface area (Å²) in [6.07, 6.45) is 2.65. The zero-order chi connectivity index (χ0) is 13.6. The third-order valence-corrected chi connectivity index (χ3v) is 4.51. The third kappa shape index (κ3) is 4.24. The number of sulfonamides is 1. The van der Waals surface area contributed by atoms with Crippen molar-refractivity contribution >= 4 is 21.8 Å². The molecule has 0 unspecified atom stereocenters. The van der Waals surface area contributed by atoms with Crippen molar-refractivity contribution in [1.82, 2.24) is 4.72 Å². The van der Waals surface area contributed by atoms with Crippen molar-refractivity contribution in [3.63, 3.8) is 0 Å². The Kier molecular flexibility index (Phi) is 6.07. The lowest BCUT2D eigenvalue weighted by Gasteiger charge is -2.08. The van der Waals surface area contributed by atoms with Crippen molar-refractivity contribution in [2.75, 3.05) is 18.6 Å². The first-order valence-electron chi connectivity index (χ1n) is 5.48. The summed E-state index contributed by atoms with van der Waals surface area (Å²) in [5.74, 6) is 0.0953. The minimum atomic E-state index is -3.79. The van der Waals surface area contributed by atoms with Crippen LogP contribution in [-0.4, -0.2) is 27.0 Å². The molecule has 18 heavy (non-hydrogen) atoms. The smallest absolute Gasteiger partial charge is 0.243 e. The Bertz CT molecular complexity index is 492. The van der Waals surface area contributed by atoms with Crippen LogP contribution in [0.2, 0.25) is 0 Å². The van der Waals surface area contributed by atoms with E-state index in [1.54, 1.807) is 11.8 Å².